The third-order valence-electron chi connectivity index (χ3n) is 5.76. The highest BCUT2D eigenvalue weighted by molar-refractivity contribution is 5.85. The molecule has 0 saturated carbocycles. The normalized spacial score (nSPS) is 25.3. The van der Waals surface area contributed by atoms with Crippen molar-refractivity contribution >= 4 is 16.9 Å². The molecule has 0 unspecified atom stereocenters. The van der Waals surface area contributed by atoms with Gasteiger partial charge in [-0.25, -0.2) is 18.7 Å². The summed E-state index contributed by atoms with van der Waals surface area (Å²) in [5.74, 6) is -1.27. The third kappa shape index (κ3) is 3.79. The molecule has 4 heterocycles. The summed E-state index contributed by atoms with van der Waals surface area (Å²) in [6.45, 7) is 3.59. The fourth-order valence-corrected chi connectivity index (χ4v) is 4.01. The predicted molar refractivity (Wildman–Crippen MR) is 111 cm³/mol. The highest BCUT2D eigenvalue weighted by atomic mass is 19.1. The minimum atomic E-state index is -1.17. The number of hydrogen-bond acceptors (Lipinski definition) is 8. The maximum absolute atomic E-state index is 14.7. The van der Waals surface area contributed by atoms with Gasteiger partial charge in [0.2, 0.25) is 5.95 Å². The summed E-state index contributed by atoms with van der Waals surface area (Å²) in [6.07, 6.45) is 1.08. The second-order valence-electron chi connectivity index (χ2n) is 8.64. The average Bonchev–Trinajstić information content (AvgIpc) is 3.15. The largest absolute Gasteiger partial charge is 0.386 e. The first-order valence-electron chi connectivity index (χ1n) is 10.3. The van der Waals surface area contributed by atoms with Crippen LogP contribution in [0.15, 0.2) is 30.6 Å². The zero-order valence-corrected chi connectivity index (χ0v) is 17.4. The lowest BCUT2D eigenvalue weighted by atomic mass is 9.97. The zero-order valence-electron chi connectivity index (χ0n) is 17.4. The van der Waals surface area contributed by atoms with Crippen LogP contribution in [0.3, 0.4) is 0 Å². The van der Waals surface area contributed by atoms with Gasteiger partial charge in [-0.05, 0) is 38.5 Å². The van der Waals surface area contributed by atoms with Crippen molar-refractivity contribution in [1.29, 1.82) is 0 Å². The van der Waals surface area contributed by atoms with E-state index in [9.17, 15) is 19.0 Å². The maximum atomic E-state index is 14.7. The number of aliphatic hydroxyl groups is 2. The van der Waals surface area contributed by atoms with Gasteiger partial charge in [-0.1, -0.05) is 0 Å². The molecular weight excluding hydrogens is 422 g/mol. The molecule has 3 N–H and O–H groups in total. The van der Waals surface area contributed by atoms with Crippen LogP contribution in [-0.4, -0.2) is 56.3 Å². The quantitative estimate of drug-likeness (QED) is 0.563. The van der Waals surface area contributed by atoms with Crippen molar-refractivity contribution in [2.75, 3.05) is 11.9 Å². The smallest absolute Gasteiger partial charge is 0.223 e. The summed E-state index contributed by atoms with van der Waals surface area (Å²) < 4.78 is 40.2. The Bertz CT molecular complexity index is 1190. The number of rotatable bonds is 4. The first-order chi connectivity index (χ1) is 15.2. The number of fused-ring (bicyclic) bond motifs is 3. The van der Waals surface area contributed by atoms with E-state index in [-0.39, 0.29) is 28.8 Å². The van der Waals surface area contributed by atoms with Crippen LogP contribution in [0.25, 0.3) is 22.2 Å². The standard InChI is InChI=1S/C22H22F2N4O4/c1-22(2,30)12-4-10-3-11(5-14(23)17(10)25-7-12)18-15(24)8-26-21(28-18)27-16-6-13-9-31-20(32-13)19(16)29/h3-5,7-8,13,16,19-20,29-30H,6,9H2,1-2H3,(H,26,27,28)/t13-,16+,19-,20+/m0/s1. The Hall–Kier alpha value is -2.79. The lowest BCUT2D eigenvalue weighted by Crippen LogP contribution is -2.48. The van der Waals surface area contributed by atoms with Crippen molar-refractivity contribution in [3.8, 4) is 11.3 Å². The molecule has 8 nitrogen and oxygen atoms in total. The van der Waals surface area contributed by atoms with Crippen LogP contribution in [0.5, 0.6) is 0 Å². The van der Waals surface area contributed by atoms with E-state index in [0.717, 1.165) is 12.3 Å². The molecule has 2 aromatic heterocycles. The Labute approximate surface area is 182 Å². The van der Waals surface area contributed by atoms with Gasteiger partial charge in [0, 0.05) is 22.7 Å². The molecule has 2 saturated heterocycles. The Morgan fingerprint density at radius 3 is 2.72 bits per heavy atom. The molecule has 4 atom stereocenters. The number of aliphatic hydroxyl groups excluding tert-OH is 1. The van der Waals surface area contributed by atoms with E-state index < -0.39 is 35.7 Å². The molecule has 2 aliphatic rings. The number of nitrogens with zero attached hydrogens (tertiary/aromatic N) is 3. The fourth-order valence-electron chi connectivity index (χ4n) is 4.01. The molecule has 0 amide bonds. The van der Waals surface area contributed by atoms with Gasteiger partial charge in [0.05, 0.1) is 30.6 Å². The third-order valence-corrected chi connectivity index (χ3v) is 5.76. The van der Waals surface area contributed by atoms with Crippen molar-refractivity contribution < 1.29 is 28.5 Å². The van der Waals surface area contributed by atoms with Gasteiger partial charge >= 0.3 is 0 Å². The van der Waals surface area contributed by atoms with Crippen LogP contribution in [0.2, 0.25) is 0 Å². The number of ether oxygens (including phenoxy) is 2. The summed E-state index contributed by atoms with van der Waals surface area (Å²) in [4.78, 5) is 12.3. The van der Waals surface area contributed by atoms with E-state index in [4.69, 9.17) is 9.47 Å². The van der Waals surface area contributed by atoms with Gasteiger partial charge in [-0.15, -0.1) is 0 Å². The lowest BCUT2D eigenvalue weighted by molar-refractivity contribution is -0.156. The molecule has 2 fully saturated rings. The van der Waals surface area contributed by atoms with Gasteiger partial charge in [-0.3, -0.25) is 4.98 Å². The van der Waals surface area contributed by atoms with Crippen molar-refractivity contribution in [1.82, 2.24) is 15.0 Å². The summed E-state index contributed by atoms with van der Waals surface area (Å²) in [7, 11) is 0. The molecule has 5 rings (SSSR count). The fraction of sp³-hybridized carbons (Fsp3) is 0.409. The number of anilines is 1. The van der Waals surface area contributed by atoms with Crippen LogP contribution < -0.4 is 5.32 Å². The Morgan fingerprint density at radius 1 is 1.12 bits per heavy atom. The monoisotopic (exact) mass is 444 g/mol. The molecule has 1 aromatic carbocycles. The number of hydrogen-bond donors (Lipinski definition) is 3. The summed E-state index contributed by atoms with van der Waals surface area (Å²) in [5.41, 5.74) is -0.465. The highest BCUT2D eigenvalue weighted by Gasteiger charge is 2.43. The summed E-state index contributed by atoms with van der Waals surface area (Å²) in [6, 6.07) is 3.90. The van der Waals surface area contributed by atoms with Crippen molar-refractivity contribution in [3.63, 3.8) is 0 Å². The first kappa shape index (κ1) is 21.1. The summed E-state index contributed by atoms with van der Waals surface area (Å²) >= 11 is 0. The second kappa shape index (κ2) is 7.66. The van der Waals surface area contributed by atoms with Crippen LogP contribution >= 0.6 is 0 Å². The van der Waals surface area contributed by atoms with Gasteiger partial charge in [0.1, 0.15) is 23.1 Å². The predicted octanol–water partition coefficient (Wildman–Crippen LogP) is 2.48. The lowest BCUT2D eigenvalue weighted by Gasteiger charge is -2.32. The number of halogens is 2. The molecular formula is C22H22F2N4O4. The SMILES string of the molecule is CC(C)(O)c1cnc2c(F)cc(-c3nc(N[C@@H]4C[C@H]5CO[C@H](O5)[C@H]4O)ncc3F)cc2c1. The number of aromatic nitrogens is 3. The van der Waals surface area contributed by atoms with E-state index in [1.165, 1.54) is 6.20 Å². The van der Waals surface area contributed by atoms with E-state index in [2.05, 4.69) is 20.3 Å². The minimum absolute atomic E-state index is 0.0932. The van der Waals surface area contributed by atoms with Gasteiger partial charge in [0.15, 0.2) is 12.1 Å². The van der Waals surface area contributed by atoms with E-state index in [1.54, 1.807) is 26.0 Å². The number of pyridine rings is 1. The number of benzene rings is 1. The summed E-state index contributed by atoms with van der Waals surface area (Å²) in [5, 5.41) is 24.0. The van der Waals surface area contributed by atoms with E-state index >= 15 is 0 Å². The molecule has 3 aromatic rings. The molecule has 32 heavy (non-hydrogen) atoms. The number of nitrogens with one attached hydrogen (secondary N) is 1. The topological polar surface area (TPSA) is 110 Å². The Balaban J connectivity index is 1.50. The molecule has 10 heteroatoms. The van der Waals surface area contributed by atoms with Crippen LogP contribution in [0.1, 0.15) is 25.8 Å². The molecule has 0 aliphatic carbocycles. The second-order valence-corrected chi connectivity index (χ2v) is 8.64. The Kier molecular flexibility index (Phi) is 5.05. The van der Waals surface area contributed by atoms with Crippen LogP contribution in [-0.2, 0) is 15.1 Å². The van der Waals surface area contributed by atoms with Gasteiger partial charge in [-0.2, -0.15) is 0 Å². The van der Waals surface area contributed by atoms with Crippen molar-refractivity contribution in [2.24, 2.45) is 0 Å². The molecule has 168 valence electrons. The zero-order chi connectivity index (χ0) is 22.6. The Morgan fingerprint density at radius 2 is 1.94 bits per heavy atom. The highest BCUT2D eigenvalue weighted by Crippen LogP contribution is 2.31. The molecule has 2 aliphatic heterocycles. The van der Waals surface area contributed by atoms with Crippen LogP contribution in [0, 0.1) is 11.6 Å². The first-order valence-corrected chi connectivity index (χ1v) is 10.3. The molecule has 0 radical (unpaired) electrons. The minimum Gasteiger partial charge on any atom is -0.386 e. The molecule has 2 bridgehead atoms. The van der Waals surface area contributed by atoms with Gasteiger partial charge < -0.3 is 25.0 Å². The molecule has 0 spiro atoms. The van der Waals surface area contributed by atoms with Gasteiger partial charge in [0.25, 0.3) is 0 Å². The average molecular weight is 444 g/mol. The van der Waals surface area contributed by atoms with E-state index in [0.29, 0.717) is 24.0 Å². The maximum Gasteiger partial charge on any atom is 0.223 e. The van der Waals surface area contributed by atoms with Crippen molar-refractivity contribution in [2.45, 2.75) is 50.4 Å². The van der Waals surface area contributed by atoms with E-state index in [1.807, 2.05) is 0 Å². The van der Waals surface area contributed by atoms with Crippen molar-refractivity contribution in [3.05, 3.63) is 47.8 Å². The van der Waals surface area contributed by atoms with Crippen LogP contribution in [0.4, 0.5) is 14.7 Å².